The fourth-order valence-electron chi connectivity index (χ4n) is 4.02. The van der Waals surface area contributed by atoms with E-state index in [1.54, 1.807) is 4.90 Å². The van der Waals surface area contributed by atoms with Gasteiger partial charge in [0.1, 0.15) is 4.90 Å². The molecule has 1 aliphatic carbocycles. The van der Waals surface area contributed by atoms with Gasteiger partial charge in [-0.3, -0.25) is 4.79 Å². The lowest BCUT2D eigenvalue weighted by molar-refractivity contribution is -0.139. The molecule has 166 valence electrons. The third-order valence-corrected chi connectivity index (χ3v) is 8.55. The van der Waals surface area contributed by atoms with Crippen LogP contribution in [0.3, 0.4) is 0 Å². The van der Waals surface area contributed by atoms with Gasteiger partial charge in [0.05, 0.1) is 22.1 Å². The van der Waals surface area contributed by atoms with Crippen LogP contribution in [0.4, 0.5) is 0 Å². The van der Waals surface area contributed by atoms with Crippen molar-refractivity contribution in [1.29, 1.82) is 0 Å². The van der Waals surface area contributed by atoms with Crippen molar-refractivity contribution in [2.24, 2.45) is 5.14 Å². The molecule has 1 aromatic rings. The lowest BCUT2D eigenvalue weighted by Crippen LogP contribution is -2.48. The van der Waals surface area contributed by atoms with Crippen molar-refractivity contribution >= 4 is 43.3 Å². The van der Waals surface area contributed by atoms with Gasteiger partial charge in [0, 0.05) is 12.1 Å². The number of halogens is 1. The number of rotatable bonds is 6. The normalized spacial score (nSPS) is 21.5. The zero-order chi connectivity index (χ0) is 22.1. The van der Waals surface area contributed by atoms with E-state index in [-0.39, 0.29) is 28.1 Å². The number of ether oxygens (including phenoxy) is 1. The van der Waals surface area contributed by atoms with Crippen LogP contribution in [0.15, 0.2) is 23.1 Å². The maximum atomic E-state index is 12.9. The molecular formula is C18H23ClN2O7S2. The highest BCUT2D eigenvalue weighted by Gasteiger charge is 2.39. The number of carbonyl (C=O) groups is 2. The Morgan fingerprint density at radius 3 is 2.40 bits per heavy atom. The predicted molar refractivity (Wildman–Crippen MR) is 109 cm³/mol. The largest absolute Gasteiger partial charge is 0.452 e. The molecule has 2 fully saturated rings. The smallest absolute Gasteiger partial charge is 0.338 e. The third-order valence-electron chi connectivity index (χ3n) is 5.41. The fourth-order valence-corrected chi connectivity index (χ4v) is 6.80. The quantitative estimate of drug-likeness (QED) is 0.603. The Bertz CT molecular complexity index is 1050. The first-order chi connectivity index (χ1) is 14.0. The molecule has 1 atom stereocenters. The van der Waals surface area contributed by atoms with Crippen LogP contribution >= 0.6 is 11.6 Å². The van der Waals surface area contributed by atoms with E-state index >= 15 is 0 Å². The summed E-state index contributed by atoms with van der Waals surface area (Å²) in [7, 11) is -7.32. The minimum Gasteiger partial charge on any atom is -0.452 e. The zero-order valence-electron chi connectivity index (χ0n) is 16.1. The molecule has 1 amide bonds. The number of carbonyl (C=O) groups excluding carboxylic acids is 2. The topological polar surface area (TPSA) is 141 Å². The van der Waals surface area contributed by atoms with Crippen molar-refractivity contribution in [3.8, 4) is 0 Å². The van der Waals surface area contributed by atoms with Gasteiger partial charge in [-0.25, -0.2) is 26.8 Å². The van der Waals surface area contributed by atoms with Crippen LogP contribution in [0, 0.1) is 0 Å². The number of primary sulfonamides is 1. The molecule has 1 saturated heterocycles. The first-order valence-corrected chi connectivity index (χ1v) is 13.2. The molecule has 0 bridgehead atoms. The minimum absolute atomic E-state index is 0.0368. The summed E-state index contributed by atoms with van der Waals surface area (Å²) in [5, 5.41) is 4.94. The Hall–Kier alpha value is -1.69. The summed E-state index contributed by atoms with van der Waals surface area (Å²) in [4.78, 5) is 26.4. The number of sulfonamides is 1. The lowest BCUT2D eigenvalue weighted by Gasteiger charge is -2.33. The highest BCUT2D eigenvalue weighted by Crippen LogP contribution is 2.29. The average molecular weight is 479 g/mol. The lowest BCUT2D eigenvalue weighted by atomic mass is 10.1. The Labute approximate surface area is 180 Å². The van der Waals surface area contributed by atoms with Crippen LogP contribution in [-0.2, 0) is 29.4 Å². The minimum atomic E-state index is -4.14. The molecule has 1 saturated carbocycles. The maximum Gasteiger partial charge on any atom is 0.338 e. The SMILES string of the molecule is NS(=O)(=O)c1cc(C(=O)OCC(=O)N(C2CCCC2)C2CCS(=O)(=O)C2)ccc1Cl. The third kappa shape index (κ3) is 5.32. The molecule has 2 N–H and O–H groups in total. The highest BCUT2D eigenvalue weighted by molar-refractivity contribution is 7.91. The molecule has 0 radical (unpaired) electrons. The molecule has 9 nitrogen and oxygen atoms in total. The summed E-state index contributed by atoms with van der Waals surface area (Å²) in [5.41, 5.74) is -0.118. The van der Waals surface area contributed by atoms with Crippen LogP contribution in [0.1, 0.15) is 42.5 Å². The van der Waals surface area contributed by atoms with Crippen molar-refractivity contribution in [3.05, 3.63) is 28.8 Å². The van der Waals surface area contributed by atoms with Crippen LogP contribution in [0.25, 0.3) is 0 Å². The number of nitrogens with zero attached hydrogens (tertiary/aromatic N) is 1. The standard InChI is InChI=1S/C18H23ClN2O7S2/c19-15-6-5-12(9-16(15)30(20,26)27)18(23)28-10-17(22)21(13-3-1-2-4-13)14-7-8-29(24,25)11-14/h5-6,9,13-14H,1-4,7-8,10-11H2,(H2,20,26,27). The van der Waals surface area contributed by atoms with Gasteiger partial charge in [0.2, 0.25) is 10.0 Å². The second kappa shape index (κ2) is 8.81. The molecule has 1 unspecified atom stereocenters. The van der Waals surface area contributed by atoms with Crippen LogP contribution in [0.5, 0.6) is 0 Å². The summed E-state index contributed by atoms with van der Waals surface area (Å²) in [6.07, 6.45) is 3.84. The van der Waals surface area contributed by atoms with Crippen molar-refractivity contribution in [2.45, 2.75) is 49.1 Å². The van der Waals surface area contributed by atoms with Crippen molar-refractivity contribution in [3.63, 3.8) is 0 Å². The number of hydrogen-bond donors (Lipinski definition) is 1. The second-order valence-corrected chi connectivity index (χ2v) is 11.7. The Balaban J connectivity index is 1.71. The van der Waals surface area contributed by atoms with Gasteiger partial charge in [0.15, 0.2) is 16.4 Å². The van der Waals surface area contributed by atoms with Gasteiger partial charge in [-0.05, 0) is 37.5 Å². The van der Waals surface area contributed by atoms with E-state index in [9.17, 15) is 26.4 Å². The number of nitrogens with two attached hydrogens (primary N) is 1. The van der Waals surface area contributed by atoms with E-state index in [1.165, 1.54) is 12.1 Å². The van der Waals surface area contributed by atoms with E-state index in [0.29, 0.717) is 6.42 Å². The summed E-state index contributed by atoms with van der Waals surface area (Å²) >= 11 is 5.80. The van der Waals surface area contributed by atoms with Gasteiger partial charge in [-0.2, -0.15) is 0 Å². The Kier molecular flexibility index (Phi) is 6.75. The van der Waals surface area contributed by atoms with Crippen LogP contribution in [-0.4, -0.2) is 63.8 Å². The number of benzene rings is 1. The number of hydrogen-bond acceptors (Lipinski definition) is 7. The van der Waals surface area contributed by atoms with E-state index in [2.05, 4.69) is 0 Å². The highest BCUT2D eigenvalue weighted by atomic mass is 35.5. The van der Waals surface area contributed by atoms with Crippen molar-refractivity contribution in [1.82, 2.24) is 4.90 Å². The zero-order valence-corrected chi connectivity index (χ0v) is 18.5. The Morgan fingerprint density at radius 2 is 1.83 bits per heavy atom. The number of esters is 1. The molecule has 1 aliphatic heterocycles. The monoisotopic (exact) mass is 478 g/mol. The summed E-state index contributed by atoms with van der Waals surface area (Å²) in [5.74, 6) is -1.42. The summed E-state index contributed by atoms with van der Waals surface area (Å²) in [6, 6.07) is 2.96. The summed E-state index contributed by atoms with van der Waals surface area (Å²) < 4.78 is 52.0. The van der Waals surface area contributed by atoms with Gasteiger partial charge in [0.25, 0.3) is 5.91 Å². The van der Waals surface area contributed by atoms with Crippen molar-refractivity contribution < 1.29 is 31.2 Å². The second-order valence-electron chi connectivity index (χ2n) is 7.56. The molecule has 3 rings (SSSR count). The maximum absolute atomic E-state index is 12.9. The predicted octanol–water partition coefficient (Wildman–Crippen LogP) is 1.10. The van der Waals surface area contributed by atoms with Crippen molar-refractivity contribution in [2.75, 3.05) is 18.1 Å². The first-order valence-electron chi connectivity index (χ1n) is 9.49. The molecule has 12 heteroatoms. The molecule has 2 aliphatic rings. The summed E-state index contributed by atoms with van der Waals surface area (Å²) in [6.45, 7) is -0.570. The Morgan fingerprint density at radius 1 is 1.17 bits per heavy atom. The van der Waals surface area contributed by atoms with Gasteiger partial charge >= 0.3 is 5.97 Å². The molecular weight excluding hydrogens is 456 g/mol. The first kappa shape index (κ1) is 23.0. The van der Waals surface area contributed by atoms with Crippen LogP contribution in [0.2, 0.25) is 5.02 Å². The van der Waals surface area contributed by atoms with E-state index in [0.717, 1.165) is 31.7 Å². The molecule has 0 spiro atoms. The van der Waals surface area contributed by atoms with Crippen LogP contribution < -0.4 is 5.14 Å². The van der Waals surface area contributed by atoms with E-state index < -0.39 is 49.3 Å². The average Bonchev–Trinajstić information content (AvgIpc) is 3.29. The number of amides is 1. The number of sulfone groups is 1. The van der Waals surface area contributed by atoms with E-state index in [4.69, 9.17) is 21.5 Å². The van der Waals surface area contributed by atoms with E-state index in [1.807, 2.05) is 0 Å². The van der Waals surface area contributed by atoms with Gasteiger partial charge < -0.3 is 9.64 Å². The van der Waals surface area contributed by atoms with Gasteiger partial charge in [-0.15, -0.1) is 0 Å². The molecule has 1 heterocycles. The van der Waals surface area contributed by atoms with Gasteiger partial charge in [-0.1, -0.05) is 24.4 Å². The molecule has 0 aromatic heterocycles. The fraction of sp³-hybridized carbons (Fsp3) is 0.556. The molecule has 1 aromatic carbocycles. The molecule has 30 heavy (non-hydrogen) atoms.